The molecule has 2 N–H and O–H groups in total. The van der Waals surface area contributed by atoms with Crippen molar-refractivity contribution in [2.24, 2.45) is 5.92 Å². The van der Waals surface area contributed by atoms with Gasteiger partial charge in [-0.2, -0.15) is 0 Å². The van der Waals surface area contributed by atoms with Crippen molar-refractivity contribution in [2.45, 2.75) is 36.5 Å². The molecule has 1 unspecified atom stereocenters. The van der Waals surface area contributed by atoms with E-state index in [1.807, 2.05) is 25.1 Å². The van der Waals surface area contributed by atoms with Crippen molar-refractivity contribution < 1.29 is 9.59 Å². The molecule has 0 aromatic heterocycles. The molecule has 0 spiro atoms. The van der Waals surface area contributed by atoms with E-state index in [1.165, 1.54) is 0 Å². The predicted octanol–water partition coefficient (Wildman–Crippen LogP) is 2.15. The lowest BCUT2D eigenvalue weighted by molar-refractivity contribution is -0.122. The molecule has 4 nitrogen and oxygen atoms in total. The van der Waals surface area contributed by atoms with Crippen molar-refractivity contribution in [3.05, 3.63) is 23.8 Å². The van der Waals surface area contributed by atoms with Gasteiger partial charge < -0.3 is 10.6 Å². The molecule has 1 aliphatic heterocycles. The van der Waals surface area contributed by atoms with Gasteiger partial charge in [0.2, 0.25) is 11.8 Å². The fourth-order valence-corrected chi connectivity index (χ4v) is 2.98. The minimum Gasteiger partial charge on any atom is -0.352 e. The fraction of sp³-hybridized carbons (Fsp3) is 0.429. The van der Waals surface area contributed by atoms with Crippen LogP contribution < -0.4 is 10.6 Å². The summed E-state index contributed by atoms with van der Waals surface area (Å²) in [6.07, 6.45) is 2.03. The predicted molar refractivity (Wildman–Crippen MR) is 75.0 cm³/mol. The van der Waals surface area contributed by atoms with Gasteiger partial charge in [0.05, 0.1) is 10.9 Å². The first kappa shape index (κ1) is 12.5. The third kappa shape index (κ3) is 2.76. The van der Waals surface area contributed by atoms with E-state index in [2.05, 4.69) is 10.6 Å². The van der Waals surface area contributed by atoms with Gasteiger partial charge in [0.1, 0.15) is 0 Å². The van der Waals surface area contributed by atoms with Crippen molar-refractivity contribution in [1.82, 2.24) is 5.32 Å². The molecule has 1 aliphatic carbocycles. The van der Waals surface area contributed by atoms with Crippen LogP contribution in [0.2, 0.25) is 0 Å². The van der Waals surface area contributed by atoms with Crippen molar-refractivity contribution >= 4 is 29.3 Å². The number of rotatable bonds is 3. The summed E-state index contributed by atoms with van der Waals surface area (Å²) in [5, 5.41) is 5.78. The molecule has 0 bridgehead atoms. The Labute approximate surface area is 116 Å². The highest BCUT2D eigenvalue weighted by Gasteiger charge is 2.29. The number of carbonyl (C=O) groups excluding carboxylic acids is 2. The Morgan fingerprint density at radius 2 is 2.26 bits per heavy atom. The molecule has 0 radical (unpaired) electrons. The average molecular weight is 276 g/mol. The molecule has 1 saturated carbocycles. The monoisotopic (exact) mass is 276 g/mol. The van der Waals surface area contributed by atoms with E-state index in [9.17, 15) is 9.59 Å². The Morgan fingerprint density at radius 1 is 1.47 bits per heavy atom. The quantitative estimate of drug-likeness (QED) is 0.889. The van der Waals surface area contributed by atoms with E-state index < -0.39 is 0 Å². The Morgan fingerprint density at radius 3 is 3.00 bits per heavy atom. The molecule has 1 atom stereocenters. The second-order valence-corrected chi connectivity index (χ2v) is 6.45. The SMILES string of the molecule is CC1Sc2ccc(CNC(=O)C3CC3)cc2NC1=O. The lowest BCUT2D eigenvalue weighted by Gasteiger charge is -2.21. The van der Waals surface area contributed by atoms with Crippen LogP contribution in [0.3, 0.4) is 0 Å². The van der Waals surface area contributed by atoms with Crippen molar-refractivity contribution in [3.8, 4) is 0 Å². The van der Waals surface area contributed by atoms with Crippen LogP contribution in [0, 0.1) is 5.92 Å². The maximum Gasteiger partial charge on any atom is 0.237 e. The minimum atomic E-state index is -0.0482. The van der Waals surface area contributed by atoms with Crippen LogP contribution in [-0.4, -0.2) is 17.1 Å². The summed E-state index contributed by atoms with van der Waals surface area (Å²) in [5.74, 6) is 0.412. The zero-order valence-electron chi connectivity index (χ0n) is 10.7. The molecule has 2 aliphatic rings. The summed E-state index contributed by atoms with van der Waals surface area (Å²) >= 11 is 1.57. The number of hydrogen-bond acceptors (Lipinski definition) is 3. The summed E-state index contributed by atoms with van der Waals surface area (Å²) in [6.45, 7) is 2.42. The van der Waals surface area contributed by atoms with Gasteiger partial charge in [-0.15, -0.1) is 11.8 Å². The maximum absolute atomic E-state index is 11.6. The Bertz CT molecular complexity index is 540. The molecule has 1 fully saturated rings. The number of anilines is 1. The molecular weight excluding hydrogens is 260 g/mol. The zero-order valence-corrected chi connectivity index (χ0v) is 11.5. The number of hydrogen-bond donors (Lipinski definition) is 2. The molecule has 1 heterocycles. The van der Waals surface area contributed by atoms with Gasteiger partial charge in [-0.1, -0.05) is 6.07 Å². The van der Waals surface area contributed by atoms with Crippen LogP contribution >= 0.6 is 11.8 Å². The molecule has 1 aromatic carbocycles. The highest BCUT2D eigenvalue weighted by atomic mass is 32.2. The number of fused-ring (bicyclic) bond motifs is 1. The standard InChI is InChI=1S/C14H16N2O2S/c1-8-13(17)16-11-6-9(2-5-12(11)19-8)7-15-14(18)10-3-4-10/h2,5-6,8,10H,3-4,7H2,1H3,(H,15,18)(H,16,17). The van der Waals surface area contributed by atoms with Crippen LogP contribution in [0.4, 0.5) is 5.69 Å². The maximum atomic E-state index is 11.6. The van der Waals surface area contributed by atoms with Gasteiger partial charge in [0.15, 0.2) is 0 Å². The molecule has 0 saturated heterocycles. The van der Waals surface area contributed by atoms with E-state index in [0.717, 1.165) is 29.0 Å². The van der Waals surface area contributed by atoms with Crippen molar-refractivity contribution in [1.29, 1.82) is 0 Å². The third-order valence-corrected chi connectivity index (χ3v) is 4.57. The first-order valence-corrected chi connectivity index (χ1v) is 7.39. The molecular formula is C14H16N2O2S. The topological polar surface area (TPSA) is 58.2 Å². The largest absolute Gasteiger partial charge is 0.352 e. The van der Waals surface area contributed by atoms with Crippen LogP contribution in [0.15, 0.2) is 23.1 Å². The van der Waals surface area contributed by atoms with Gasteiger partial charge >= 0.3 is 0 Å². The number of amides is 2. The van der Waals surface area contributed by atoms with Gasteiger partial charge in [-0.25, -0.2) is 0 Å². The summed E-state index contributed by atoms with van der Waals surface area (Å²) in [6, 6.07) is 5.96. The lowest BCUT2D eigenvalue weighted by Crippen LogP contribution is -2.27. The van der Waals surface area contributed by atoms with Crippen molar-refractivity contribution in [2.75, 3.05) is 5.32 Å². The van der Waals surface area contributed by atoms with Crippen LogP contribution in [0.5, 0.6) is 0 Å². The van der Waals surface area contributed by atoms with E-state index in [-0.39, 0.29) is 23.0 Å². The highest BCUT2D eigenvalue weighted by Crippen LogP contribution is 2.36. The molecule has 19 heavy (non-hydrogen) atoms. The summed E-state index contributed by atoms with van der Waals surface area (Å²) in [7, 11) is 0. The molecule has 2 amide bonds. The number of benzene rings is 1. The molecule has 1 aromatic rings. The van der Waals surface area contributed by atoms with Crippen LogP contribution in [0.25, 0.3) is 0 Å². The second kappa shape index (κ2) is 4.89. The Kier molecular flexibility index (Phi) is 3.22. The van der Waals surface area contributed by atoms with E-state index in [4.69, 9.17) is 0 Å². The lowest BCUT2D eigenvalue weighted by atomic mass is 10.2. The van der Waals surface area contributed by atoms with Gasteiger partial charge in [-0.3, -0.25) is 9.59 Å². The average Bonchev–Trinajstić information content (AvgIpc) is 3.21. The number of nitrogens with one attached hydrogen (secondary N) is 2. The Hall–Kier alpha value is -1.49. The summed E-state index contributed by atoms with van der Waals surface area (Å²) in [4.78, 5) is 24.3. The van der Waals surface area contributed by atoms with Crippen molar-refractivity contribution in [3.63, 3.8) is 0 Å². The second-order valence-electron chi connectivity index (χ2n) is 5.07. The summed E-state index contributed by atoms with van der Waals surface area (Å²) < 4.78 is 0. The minimum absolute atomic E-state index is 0.0386. The summed E-state index contributed by atoms with van der Waals surface area (Å²) in [5.41, 5.74) is 1.87. The third-order valence-electron chi connectivity index (χ3n) is 3.39. The van der Waals surface area contributed by atoms with Crippen LogP contribution in [0.1, 0.15) is 25.3 Å². The normalized spacial score (nSPS) is 21.5. The van der Waals surface area contributed by atoms with Gasteiger partial charge in [0, 0.05) is 17.4 Å². The Balaban J connectivity index is 1.68. The molecule has 100 valence electrons. The fourth-order valence-electron chi connectivity index (χ4n) is 2.04. The highest BCUT2D eigenvalue weighted by molar-refractivity contribution is 8.00. The van der Waals surface area contributed by atoms with E-state index >= 15 is 0 Å². The first-order chi connectivity index (χ1) is 9.13. The first-order valence-electron chi connectivity index (χ1n) is 6.51. The van der Waals surface area contributed by atoms with Gasteiger partial charge in [-0.05, 0) is 37.5 Å². The smallest absolute Gasteiger partial charge is 0.237 e. The number of thioether (sulfide) groups is 1. The molecule has 3 rings (SSSR count). The number of carbonyl (C=O) groups is 2. The van der Waals surface area contributed by atoms with E-state index in [0.29, 0.717) is 6.54 Å². The van der Waals surface area contributed by atoms with E-state index in [1.54, 1.807) is 11.8 Å². The molecule has 5 heteroatoms. The van der Waals surface area contributed by atoms with Gasteiger partial charge in [0.25, 0.3) is 0 Å². The van der Waals surface area contributed by atoms with Crippen LogP contribution in [-0.2, 0) is 16.1 Å². The zero-order chi connectivity index (χ0) is 13.4.